The second kappa shape index (κ2) is 10.3. The number of ether oxygens (including phenoxy) is 1. The van der Waals surface area contributed by atoms with Crippen molar-refractivity contribution in [2.75, 3.05) is 12.4 Å². The molecule has 0 unspecified atom stereocenters. The van der Waals surface area contributed by atoms with Crippen LogP contribution in [0.25, 0.3) is 6.08 Å². The molecule has 0 aromatic heterocycles. The van der Waals surface area contributed by atoms with E-state index in [9.17, 15) is 24.5 Å². The van der Waals surface area contributed by atoms with Crippen LogP contribution < -0.4 is 10.1 Å². The molecule has 0 aliphatic carbocycles. The lowest BCUT2D eigenvalue weighted by atomic mass is 9.62. The number of non-ortho nitro benzene ring substituents is 1. The van der Waals surface area contributed by atoms with Gasteiger partial charge in [0.1, 0.15) is 17.2 Å². The number of rotatable bonds is 6. The Morgan fingerprint density at radius 1 is 0.955 bits per heavy atom. The molecule has 218 valence electrons. The maximum absolute atomic E-state index is 14.9. The number of nitro groups is 1. The van der Waals surface area contributed by atoms with E-state index in [1.165, 1.54) is 31.4 Å². The molecule has 1 N–H and O–H groups in total. The van der Waals surface area contributed by atoms with Gasteiger partial charge in [-0.1, -0.05) is 54.6 Å². The number of benzene rings is 4. The summed E-state index contributed by atoms with van der Waals surface area (Å²) in [5.74, 6) is -2.04. The van der Waals surface area contributed by atoms with Crippen LogP contribution in [0.3, 0.4) is 0 Å². The number of nitro benzene ring substituents is 1. The van der Waals surface area contributed by atoms with Crippen molar-refractivity contribution in [2.45, 2.75) is 17.5 Å². The minimum Gasteiger partial charge on any atom is -0.496 e. The fourth-order valence-corrected chi connectivity index (χ4v) is 7.65. The zero-order valence-electron chi connectivity index (χ0n) is 23.3. The van der Waals surface area contributed by atoms with E-state index in [2.05, 4.69) is 21.2 Å². The standard InChI is InChI=1S/C34H24BrN3O6/c1-44-27-14-13-21(18-25(27)35)31(40)29-28(30(39)20-8-6-9-22(17-20)38(42)43)34(24-11-4-5-12-26(24)36-33(34)41)32-23-10-3-2-7-19(23)15-16-37(29)32/h2-18,28-29,32H,1H3,(H,36,41)/t28-,29+,32+,34-/m1/s1. The number of hydrogen-bond acceptors (Lipinski definition) is 7. The van der Waals surface area contributed by atoms with Gasteiger partial charge in [-0.2, -0.15) is 0 Å². The third-order valence-electron chi connectivity index (χ3n) is 8.90. The summed E-state index contributed by atoms with van der Waals surface area (Å²) in [6, 6.07) is 23.3. The van der Waals surface area contributed by atoms with Gasteiger partial charge in [0.2, 0.25) is 5.91 Å². The van der Waals surface area contributed by atoms with Crippen LogP contribution in [-0.2, 0) is 10.2 Å². The van der Waals surface area contributed by atoms with E-state index in [1.807, 2.05) is 41.3 Å². The van der Waals surface area contributed by atoms with Crippen molar-refractivity contribution in [2.24, 2.45) is 5.92 Å². The van der Waals surface area contributed by atoms with E-state index in [0.29, 0.717) is 27.0 Å². The molecule has 0 bridgehead atoms. The van der Waals surface area contributed by atoms with Gasteiger partial charge in [-0.05, 0) is 63.0 Å². The number of nitrogens with zero attached hydrogens (tertiary/aromatic N) is 2. The first-order valence-electron chi connectivity index (χ1n) is 13.9. The number of carbonyl (C=O) groups is 3. The van der Waals surface area contributed by atoms with Crippen LogP contribution in [0.5, 0.6) is 5.75 Å². The Morgan fingerprint density at radius 3 is 2.48 bits per heavy atom. The van der Waals surface area contributed by atoms with E-state index in [1.54, 1.807) is 42.6 Å². The summed E-state index contributed by atoms with van der Waals surface area (Å²) in [6.45, 7) is 0. The maximum Gasteiger partial charge on any atom is 0.270 e. The summed E-state index contributed by atoms with van der Waals surface area (Å²) in [5, 5.41) is 14.7. The molecular formula is C34H24BrN3O6. The average Bonchev–Trinajstić information content (AvgIpc) is 3.52. The smallest absolute Gasteiger partial charge is 0.270 e. The van der Waals surface area contributed by atoms with Crippen molar-refractivity contribution in [3.05, 3.63) is 140 Å². The number of anilines is 1. The predicted molar refractivity (Wildman–Crippen MR) is 167 cm³/mol. The summed E-state index contributed by atoms with van der Waals surface area (Å²) in [4.78, 5) is 57.1. The molecule has 4 aromatic carbocycles. The van der Waals surface area contributed by atoms with E-state index in [0.717, 1.165) is 11.1 Å². The molecular weight excluding hydrogens is 626 g/mol. The Labute approximate surface area is 260 Å². The lowest BCUT2D eigenvalue weighted by Crippen LogP contribution is -2.49. The Bertz CT molecular complexity index is 1940. The van der Waals surface area contributed by atoms with Crippen LogP contribution in [0.2, 0.25) is 0 Å². The third kappa shape index (κ3) is 3.87. The van der Waals surface area contributed by atoms with Crippen molar-refractivity contribution >= 4 is 50.9 Å². The van der Waals surface area contributed by atoms with Gasteiger partial charge in [-0.3, -0.25) is 24.5 Å². The number of carbonyl (C=O) groups excluding carboxylic acids is 3. The number of methoxy groups -OCH3 is 1. The molecule has 0 saturated carbocycles. The van der Waals surface area contributed by atoms with Gasteiger partial charge in [0.15, 0.2) is 11.6 Å². The highest BCUT2D eigenvalue weighted by Gasteiger charge is 2.70. The quantitative estimate of drug-likeness (QED) is 0.147. The van der Waals surface area contributed by atoms with Gasteiger partial charge >= 0.3 is 0 Å². The summed E-state index contributed by atoms with van der Waals surface area (Å²) < 4.78 is 5.92. The first-order valence-corrected chi connectivity index (χ1v) is 14.7. The van der Waals surface area contributed by atoms with E-state index in [4.69, 9.17) is 4.74 Å². The Morgan fingerprint density at radius 2 is 1.70 bits per heavy atom. The summed E-state index contributed by atoms with van der Waals surface area (Å²) in [6.07, 6.45) is 3.66. The summed E-state index contributed by atoms with van der Waals surface area (Å²) in [7, 11) is 1.52. The second-order valence-corrected chi connectivity index (χ2v) is 11.8. The van der Waals surface area contributed by atoms with E-state index < -0.39 is 40.0 Å². The monoisotopic (exact) mass is 649 g/mol. The van der Waals surface area contributed by atoms with Crippen molar-refractivity contribution in [3.63, 3.8) is 0 Å². The summed E-state index contributed by atoms with van der Waals surface area (Å²) >= 11 is 3.47. The Kier molecular flexibility index (Phi) is 6.47. The van der Waals surface area contributed by atoms with Gasteiger partial charge in [0.05, 0.1) is 28.5 Å². The number of amides is 1. The molecule has 1 spiro atoms. The highest BCUT2D eigenvalue weighted by molar-refractivity contribution is 9.10. The SMILES string of the molecule is COc1ccc(C(=O)[C@@H]2[C@H](C(=O)c3cccc([N+](=O)[O-])c3)[C@@]3(C(=O)Nc4ccccc43)[C@@H]3c4ccccc4C=CN23)cc1Br. The minimum atomic E-state index is -1.54. The maximum atomic E-state index is 14.9. The highest BCUT2D eigenvalue weighted by Crippen LogP contribution is 2.62. The molecule has 9 nitrogen and oxygen atoms in total. The normalized spacial score (nSPS) is 22.6. The fraction of sp³-hybridized carbons (Fsp3) is 0.147. The molecule has 3 heterocycles. The minimum absolute atomic E-state index is 0.0478. The van der Waals surface area contributed by atoms with Crippen LogP contribution in [0, 0.1) is 16.0 Å². The largest absolute Gasteiger partial charge is 0.496 e. The van der Waals surface area contributed by atoms with Gasteiger partial charge in [-0.15, -0.1) is 0 Å². The van der Waals surface area contributed by atoms with Crippen LogP contribution in [0.4, 0.5) is 11.4 Å². The van der Waals surface area contributed by atoms with E-state index in [-0.39, 0.29) is 17.0 Å². The first-order chi connectivity index (χ1) is 21.3. The van der Waals surface area contributed by atoms with Crippen molar-refractivity contribution in [3.8, 4) is 5.75 Å². The van der Waals surface area contributed by atoms with Crippen molar-refractivity contribution in [1.82, 2.24) is 4.90 Å². The molecule has 10 heteroatoms. The van der Waals surface area contributed by atoms with E-state index >= 15 is 0 Å². The van der Waals surface area contributed by atoms with Gasteiger partial charge in [0, 0.05) is 35.1 Å². The number of nitrogens with one attached hydrogen (secondary N) is 1. The molecule has 7 rings (SSSR count). The second-order valence-electron chi connectivity index (χ2n) is 11.0. The number of fused-ring (bicyclic) bond motifs is 6. The number of ketones is 2. The highest BCUT2D eigenvalue weighted by atomic mass is 79.9. The van der Waals surface area contributed by atoms with Crippen molar-refractivity contribution < 1.29 is 24.0 Å². The lowest BCUT2D eigenvalue weighted by Gasteiger charge is -2.38. The predicted octanol–water partition coefficient (Wildman–Crippen LogP) is 6.35. The average molecular weight is 650 g/mol. The van der Waals surface area contributed by atoms with Crippen LogP contribution in [-0.4, -0.2) is 40.4 Å². The molecule has 4 atom stereocenters. The van der Waals surface area contributed by atoms with Crippen LogP contribution in [0.15, 0.2) is 102 Å². The Hall–Kier alpha value is -5.09. The van der Waals surface area contributed by atoms with Gasteiger partial charge < -0.3 is 15.0 Å². The topological polar surface area (TPSA) is 119 Å². The molecule has 1 fully saturated rings. The zero-order valence-corrected chi connectivity index (χ0v) is 24.9. The Balaban J connectivity index is 1.52. The molecule has 3 aliphatic rings. The number of halogens is 1. The zero-order chi connectivity index (χ0) is 30.7. The summed E-state index contributed by atoms with van der Waals surface area (Å²) in [5.41, 5.74) is 1.38. The number of para-hydroxylation sites is 1. The molecule has 3 aliphatic heterocycles. The van der Waals surface area contributed by atoms with Gasteiger partial charge in [0.25, 0.3) is 5.69 Å². The molecule has 1 amide bonds. The first kappa shape index (κ1) is 27.7. The van der Waals surface area contributed by atoms with Crippen LogP contribution in [0.1, 0.15) is 43.4 Å². The number of hydrogen-bond donors (Lipinski definition) is 1. The lowest BCUT2D eigenvalue weighted by molar-refractivity contribution is -0.384. The molecule has 1 saturated heterocycles. The molecule has 4 aromatic rings. The third-order valence-corrected chi connectivity index (χ3v) is 9.52. The molecule has 44 heavy (non-hydrogen) atoms. The van der Waals surface area contributed by atoms with Crippen LogP contribution >= 0.6 is 15.9 Å². The van der Waals surface area contributed by atoms with Gasteiger partial charge in [-0.25, -0.2) is 0 Å². The van der Waals surface area contributed by atoms with Crippen molar-refractivity contribution in [1.29, 1.82) is 0 Å². The molecule has 0 radical (unpaired) electrons. The fourth-order valence-electron chi connectivity index (χ4n) is 7.11. The number of Topliss-reactive ketones (excluding diaryl/α,β-unsaturated/α-hetero) is 2.